The second-order valence-electron chi connectivity index (χ2n) is 7.13. The van der Waals surface area contributed by atoms with Gasteiger partial charge in [0.1, 0.15) is 0 Å². The lowest BCUT2D eigenvalue weighted by Gasteiger charge is -2.39. The highest BCUT2D eigenvalue weighted by Gasteiger charge is 2.32. The van der Waals surface area contributed by atoms with E-state index in [0.29, 0.717) is 23.9 Å². The van der Waals surface area contributed by atoms with Gasteiger partial charge in [0.15, 0.2) is 0 Å². The van der Waals surface area contributed by atoms with E-state index in [9.17, 15) is 4.79 Å². The zero-order chi connectivity index (χ0) is 13.2. The number of nitrogens with one attached hydrogen (secondary N) is 2. The molecule has 0 aliphatic heterocycles. The summed E-state index contributed by atoms with van der Waals surface area (Å²) in [6.07, 6.45) is 6.24. The molecule has 2 fully saturated rings. The molecule has 2 N–H and O–H groups in total. The number of hydrogen-bond donors (Lipinski definition) is 2. The standard InChI is InChI=1S/C15H28N2O.ClH/c1-11-8-15(2,3)7-6-13(11)17-14(18)10-16-9-12-4-5-12;/h11-13,16H,4-10H2,1-3H3,(H,17,18);1H. The smallest absolute Gasteiger partial charge is 0.234 e. The van der Waals surface area contributed by atoms with Crippen molar-refractivity contribution < 1.29 is 4.79 Å². The van der Waals surface area contributed by atoms with Crippen LogP contribution < -0.4 is 10.6 Å². The van der Waals surface area contributed by atoms with Crippen molar-refractivity contribution in [1.29, 1.82) is 0 Å². The molecule has 1 amide bonds. The molecule has 2 saturated carbocycles. The molecule has 0 aromatic heterocycles. The number of hydrogen-bond acceptors (Lipinski definition) is 2. The third-order valence-corrected chi connectivity index (χ3v) is 4.46. The Bertz CT molecular complexity index is 303. The predicted molar refractivity (Wildman–Crippen MR) is 81.6 cm³/mol. The lowest BCUT2D eigenvalue weighted by molar-refractivity contribution is -0.121. The van der Waals surface area contributed by atoms with Crippen LogP contribution in [-0.4, -0.2) is 25.0 Å². The molecule has 0 aromatic carbocycles. The first-order valence-corrected chi connectivity index (χ1v) is 7.46. The molecule has 2 rings (SSSR count). The lowest BCUT2D eigenvalue weighted by Crippen LogP contribution is -2.47. The molecular formula is C15H29ClN2O. The largest absolute Gasteiger partial charge is 0.352 e. The van der Waals surface area contributed by atoms with E-state index in [1.807, 2.05) is 0 Å². The first-order chi connectivity index (χ1) is 8.46. The average molecular weight is 289 g/mol. The van der Waals surface area contributed by atoms with Crippen LogP contribution in [0, 0.1) is 17.3 Å². The minimum Gasteiger partial charge on any atom is -0.352 e. The maximum Gasteiger partial charge on any atom is 0.234 e. The Morgan fingerprint density at radius 1 is 1.26 bits per heavy atom. The minimum absolute atomic E-state index is 0. The van der Waals surface area contributed by atoms with Gasteiger partial charge >= 0.3 is 0 Å². The van der Waals surface area contributed by atoms with Crippen molar-refractivity contribution in [3.8, 4) is 0 Å². The monoisotopic (exact) mass is 288 g/mol. The van der Waals surface area contributed by atoms with Crippen molar-refractivity contribution in [2.75, 3.05) is 13.1 Å². The van der Waals surface area contributed by atoms with Crippen molar-refractivity contribution in [2.45, 2.75) is 58.9 Å². The molecule has 2 aliphatic rings. The van der Waals surface area contributed by atoms with Gasteiger partial charge in [-0.25, -0.2) is 0 Å². The van der Waals surface area contributed by atoms with Crippen molar-refractivity contribution in [2.24, 2.45) is 17.3 Å². The SMILES string of the molecule is CC1CC(C)(C)CCC1NC(=O)CNCC1CC1.Cl. The molecule has 112 valence electrons. The molecule has 3 nitrogen and oxygen atoms in total. The second kappa shape index (κ2) is 6.94. The van der Waals surface area contributed by atoms with Crippen LogP contribution >= 0.6 is 12.4 Å². The van der Waals surface area contributed by atoms with Crippen LogP contribution in [0.15, 0.2) is 0 Å². The fraction of sp³-hybridized carbons (Fsp3) is 0.933. The van der Waals surface area contributed by atoms with Gasteiger partial charge in [-0.15, -0.1) is 12.4 Å². The summed E-state index contributed by atoms with van der Waals surface area (Å²) in [6, 6.07) is 0.383. The van der Waals surface area contributed by atoms with E-state index in [-0.39, 0.29) is 18.3 Å². The van der Waals surface area contributed by atoms with Gasteiger partial charge in [0.25, 0.3) is 0 Å². The van der Waals surface area contributed by atoms with Crippen LogP contribution in [0.3, 0.4) is 0 Å². The van der Waals surface area contributed by atoms with Crippen molar-refractivity contribution in [3.05, 3.63) is 0 Å². The Balaban J connectivity index is 0.00000180. The number of halogens is 1. The molecule has 2 aliphatic carbocycles. The first kappa shape index (κ1) is 16.8. The summed E-state index contributed by atoms with van der Waals surface area (Å²) < 4.78 is 0. The highest BCUT2D eigenvalue weighted by Crippen LogP contribution is 2.38. The zero-order valence-electron chi connectivity index (χ0n) is 12.5. The van der Waals surface area contributed by atoms with Gasteiger partial charge in [-0.3, -0.25) is 4.79 Å². The van der Waals surface area contributed by atoms with Gasteiger partial charge in [-0.2, -0.15) is 0 Å². The highest BCUT2D eigenvalue weighted by molar-refractivity contribution is 5.85. The normalized spacial score (nSPS) is 29.4. The molecule has 2 atom stereocenters. The minimum atomic E-state index is 0. The van der Waals surface area contributed by atoms with Crippen LogP contribution in [0.5, 0.6) is 0 Å². The van der Waals surface area contributed by atoms with Crippen LogP contribution in [0.4, 0.5) is 0 Å². The molecule has 4 heteroatoms. The van der Waals surface area contributed by atoms with Crippen LogP contribution in [0.25, 0.3) is 0 Å². The Morgan fingerprint density at radius 3 is 2.53 bits per heavy atom. The van der Waals surface area contributed by atoms with E-state index in [4.69, 9.17) is 0 Å². The topological polar surface area (TPSA) is 41.1 Å². The lowest BCUT2D eigenvalue weighted by atomic mass is 9.70. The second-order valence-corrected chi connectivity index (χ2v) is 7.13. The van der Waals surface area contributed by atoms with Gasteiger partial charge in [0, 0.05) is 6.04 Å². The Kier molecular flexibility index (Phi) is 6.13. The van der Waals surface area contributed by atoms with Crippen LogP contribution in [0.2, 0.25) is 0 Å². The summed E-state index contributed by atoms with van der Waals surface area (Å²) >= 11 is 0. The predicted octanol–water partition coefficient (Wildman–Crippen LogP) is 2.74. The number of carbonyl (C=O) groups excluding carboxylic acids is 1. The maximum absolute atomic E-state index is 11.8. The average Bonchev–Trinajstić information content (AvgIpc) is 3.05. The Labute approximate surface area is 123 Å². The van der Waals surface area contributed by atoms with Gasteiger partial charge in [-0.1, -0.05) is 20.8 Å². The molecule has 19 heavy (non-hydrogen) atoms. The van der Waals surface area contributed by atoms with Crippen molar-refractivity contribution >= 4 is 18.3 Å². The van der Waals surface area contributed by atoms with Gasteiger partial charge in [0.2, 0.25) is 5.91 Å². The van der Waals surface area contributed by atoms with Crippen LogP contribution in [0.1, 0.15) is 52.9 Å². The van der Waals surface area contributed by atoms with E-state index >= 15 is 0 Å². The fourth-order valence-electron chi connectivity index (χ4n) is 3.13. The summed E-state index contributed by atoms with van der Waals surface area (Å²) in [4.78, 5) is 11.8. The fourth-order valence-corrected chi connectivity index (χ4v) is 3.13. The van der Waals surface area contributed by atoms with E-state index in [1.165, 1.54) is 25.7 Å². The molecule has 0 bridgehead atoms. The third-order valence-electron chi connectivity index (χ3n) is 4.46. The van der Waals surface area contributed by atoms with Gasteiger partial charge in [-0.05, 0) is 55.9 Å². The highest BCUT2D eigenvalue weighted by atomic mass is 35.5. The van der Waals surface area contributed by atoms with E-state index in [1.54, 1.807) is 0 Å². The summed E-state index contributed by atoms with van der Waals surface area (Å²) in [5.41, 5.74) is 0.449. The Hall–Kier alpha value is -0.280. The summed E-state index contributed by atoms with van der Waals surface area (Å²) in [6.45, 7) is 8.44. The van der Waals surface area contributed by atoms with Gasteiger partial charge < -0.3 is 10.6 Å². The zero-order valence-corrected chi connectivity index (χ0v) is 13.3. The number of amides is 1. The molecule has 0 spiro atoms. The van der Waals surface area contributed by atoms with E-state index in [2.05, 4.69) is 31.4 Å². The van der Waals surface area contributed by atoms with Crippen molar-refractivity contribution in [3.63, 3.8) is 0 Å². The molecule has 0 saturated heterocycles. The molecule has 0 heterocycles. The molecule has 0 aromatic rings. The molecule has 0 radical (unpaired) electrons. The maximum atomic E-state index is 11.8. The van der Waals surface area contributed by atoms with E-state index in [0.717, 1.165) is 18.9 Å². The quantitative estimate of drug-likeness (QED) is 0.817. The van der Waals surface area contributed by atoms with Crippen LogP contribution in [-0.2, 0) is 4.79 Å². The Morgan fingerprint density at radius 2 is 1.95 bits per heavy atom. The number of rotatable bonds is 5. The molecular weight excluding hydrogens is 260 g/mol. The molecule has 2 unspecified atom stereocenters. The summed E-state index contributed by atoms with van der Waals surface area (Å²) in [7, 11) is 0. The summed E-state index contributed by atoms with van der Waals surface area (Å²) in [5, 5.41) is 6.45. The van der Waals surface area contributed by atoms with Gasteiger partial charge in [0.05, 0.1) is 6.54 Å². The van der Waals surface area contributed by atoms with Crippen molar-refractivity contribution in [1.82, 2.24) is 10.6 Å². The summed E-state index contributed by atoms with van der Waals surface area (Å²) in [5.74, 6) is 1.61. The number of carbonyl (C=O) groups is 1. The first-order valence-electron chi connectivity index (χ1n) is 7.46. The van der Waals surface area contributed by atoms with E-state index < -0.39 is 0 Å². The third kappa shape index (κ3) is 5.70.